The van der Waals surface area contributed by atoms with Gasteiger partial charge in [-0.2, -0.15) is 0 Å². The highest BCUT2D eigenvalue weighted by atomic mass is 32.2. The number of rotatable bonds is 6. The first kappa shape index (κ1) is 18.2. The normalized spacial score (nSPS) is 21.6. The average Bonchev–Trinajstić information content (AvgIpc) is 2.87. The Kier molecular flexibility index (Phi) is 6.05. The lowest BCUT2D eigenvalue weighted by Crippen LogP contribution is -2.40. The Hall–Kier alpha value is -1.12. The fourth-order valence-corrected chi connectivity index (χ4v) is 4.35. The summed E-state index contributed by atoms with van der Waals surface area (Å²) in [5.74, 6) is 0.0643. The van der Waals surface area contributed by atoms with Crippen LogP contribution in [0.3, 0.4) is 0 Å². The topological polar surface area (TPSA) is 79.4 Å². The van der Waals surface area contributed by atoms with Crippen LogP contribution in [0.5, 0.6) is 0 Å². The van der Waals surface area contributed by atoms with E-state index < -0.39 is 10.0 Å². The highest BCUT2D eigenvalue weighted by Crippen LogP contribution is 2.26. The van der Waals surface area contributed by atoms with Crippen LogP contribution >= 0.6 is 11.8 Å². The van der Waals surface area contributed by atoms with Crippen molar-refractivity contribution in [2.45, 2.75) is 30.8 Å². The summed E-state index contributed by atoms with van der Waals surface area (Å²) in [5.41, 5.74) is 0.579. The molecule has 1 aliphatic heterocycles. The third kappa shape index (κ3) is 4.68. The number of likely N-dealkylation sites (tertiary alicyclic amines) is 1. The van der Waals surface area contributed by atoms with Crippen molar-refractivity contribution < 1.29 is 13.2 Å². The number of aromatic nitrogens is 1. The Balaban J connectivity index is 2.18. The van der Waals surface area contributed by atoms with Crippen molar-refractivity contribution in [1.82, 2.24) is 14.6 Å². The molecule has 1 amide bonds. The van der Waals surface area contributed by atoms with Gasteiger partial charge >= 0.3 is 0 Å². The molecule has 1 aliphatic rings. The van der Waals surface area contributed by atoms with E-state index in [1.807, 2.05) is 6.26 Å². The van der Waals surface area contributed by atoms with Crippen molar-refractivity contribution in [3.63, 3.8) is 0 Å². The van der Waals surface area contributed by atoms with Gasteiger partial charge in [-0.1, -0.05) is 13.3 Å². The summed E-state index contributed by atoms with van der Waals surface area (Å²) in [6.45, 7) is 3.04. The monoisotopic (exact) mass is 357 g/mol. The second kappa shape index (κ2) is 7.63. The maximum Gasteiger partial charge on any atom is 0.256 e. The van der Waals surface area contributed by atoms with Crippen molar-refractivity contribution in [1.29, 1.82) is 0 Å². The number of pyridine rings is 1. The summed E-state index contributed by atoms with van der Waals surface area (Å²) in [4.78, 5) is 18.7. The summed E-state index contributed by atoms with van der Waals surface area (Å²) >= 11 is 1.43. The molecule has 1 fully saturated rings. The summed E-state index contributed by atoms with van der Waals surface area (Å²) < 4.78 is 25.8. The van der Waals surface area contributed by atoms with E-state index in [1.165, 1.54) is 11.8 Å². The number of hydrogen-bond donors (Lipinski definition) is 1. The van der Waals surface area contributed by atoms with Gasteiger partial charge < -0.3 is 4.90 Å². The fourth-order valence-electron chi connectivity index (χ4n) is 3.00. The van der Waals surface area contributed by atoms with Crippen LogP contribution in [-0.4, -0.2) is 55.9 Å². The highest BCUT2D eigenvalue weighted by molar-refractivity contribution is 7.98. The smallest absolute Gasteiger partial charge is 0.256 e. The molecule has 1 N–H and O–H groups in total. The van der Waals surface area contributed by atoms with Crippen LogP contribution in [-0.2, 0) is 10.0 Å². The first-order chi connectivity index (χ1) is 10.9. The summed E-state index contributed by atoms with van der Waals surface area (Å²) in [6.07, 6.45) is 6.56. The Morgan fingerprint density at radius 1 is 1.48 bits per heavy atom. The Labute approximate surface area is 142 Å². The number of sulfonamides is 1. The molecular weight excluding hydrogens is 334 g/mol. The average molecular weight is 358 g/mol. The minimum atomic E-state index is -3.29. The predicted octanol–water partition coefficient (Wildman–Crippen LogP) is 1.59. The molecule has 6 nitrogen and oxygen atoms in total. The number of hydrogen-bond acceptors (Lipinski definition) is 5. The van der Waals surface area contributed by atoms with E-state index in [0.717, 1.165) is 19.1 Å². The zero-order valence-electron chi connectivity index (χ0n) is 13.7. The van der Waals surface area contributed by atoms with Crippen LogP contribution in [0, 0.1) is 5.92 Å². The number of nitrogens with zero attached hydrogens (tertiary/aromatic N) is 2. The standard InChI is InChI=1S/C15H23N3O3S2/c1-4-6-11-9-18(10-13(11)17-23(3,20)21)15(19)12-7-5-8-16-14(12)22-2/h5,7-8,11,13,17H,4,6,9-10H2,1-3H3/t11-,13-/m1/s1. The van der Waals surface area contributed by atoms with Gasteiger partial charge in [0.1, 0.15) is 5.03 Å². The SMILES string of the molecule is CCC[C@@H]1CN(C(=O)c2cccnc2SC)C[C@H]1NS(C)(=O)=O. The molecule has 0 radical (unpaired) electrons. The zero-order chi connectivity index (χ0) is 17.0. The van der Waals surface area contributed by atoms with Gasteiger partial charge in [0.05, 0.1) is 11.8 Å². The van der Waals surface area contributed by atoms with Gasteiger partial charge in [-0.05, 0) is 30.7 Å². The van der Waals surface area contributed by atoms with Crippen LogP contribution in [0.1, 0.15) is 30.1 Å². The molecule has 23 heavy (non-hydrogen) atoms. The van der Waals surface area contributed by atoms with Gasteiger partial charge in [0, 0.05) is 25.3 Å². The lowest BCUT2D eigenvalue weighted by molar-refractivity contribution is 0.0780. The Morgan fingerprint density at radius 2 is 2.22 bits per heavy atom. The molecule has 0 bridgehead atoms. The van der Waals surface area contributed by atoms with E-state index in [0.29, 0.717) is 23.7 Å². The van der Waals surface area contributed by atoms with Gasteiger partial charge in [0.15, 0.2) is 0 Å². The first-order valence-electron chi connectivity index (χ1n) is 7.61. The number of thioether (sulfide) groups is 1. The molecule has 2 rings (SSSR count). The second-order valence-corrected chi connectivity index (χ2v) is 8.39. The Bertz CT molecular complexity index is 664. The van der Waals surface area contributed by atoms with Crippen molar-refractivity contribution in [2.24, 2.45) is 5.92 Å². The lowest BCUT2D eigenvalue weighted by Gasteiger charge is -2.17. The summed E-state index contributed by atoms with van der Waals surface area (Å²) in [6, 6.07) is 3.30. The molecule has 1 saturated heterocycles. The van der Waals surface area contributed by atoms with Crippen LogP contribution in [0.2, 0.25) is 0 Å². The highest BCUT2D eigenvalue weighted by Gasteiger charge is 2.36. The minimum Gasteiger partial charge on any atom is -0.337 e. The van der Waals surface area contributed by atoms with Crippen LogP contribution in [0.25, 0.3) is 0 Å². The quantitative estimate of drug-likeness (QED) is 0.782. The molecule has 2 atom stereocenters. The molecule has 0 spiro atoms. The van der Waals surface area contributed by atoms with Gasteiger partial charge in [-0.25, -0.2) is 18.1 Å². The summed E-state index contributed by atoms with van der Waals surface area (Å²) in [7, 11) is -3.29. The van der Waals surface area contributed by atoms with Crippen LogP contribution in [0.4, 0.5) is 0 Å². The van der Waals surface area contributed by atoms with E-state index in [2.05, 4.69) is 16.6 Å². The number of amides is 1. The third-order valence-corrected chi connectivity index (χ3v) is 5.39. The Morgan fingerprint density at radius 3 is 2.83 bits per heavy atom. The molecule has 0 aromatic carbocycles. The van der Waals surface area contributed by atoms with Crippen LogP contribution in [0.15, 0.2) is 23.4 Å². The largest absolute Gasteiger partial charge is 0.337 e. The van der Waals surface area contributed by atoms with Gasteiger partial charge in [0.2, 0.25) is 10.0 Å². The molecule has 1 aromatic heterocycles. The molecule has 0 saturated carbocycles. The van der Waals surface area contributed by atoms with Crippen LogP contribution < -0.4 is 4.72 Å². The van der Waals surface area contributed by atoms with Gasteiger partial charge in [-0.3, -0.25) is 4.79 Å². The molecule has 128 valence electrons. The van der Waals surface area contributed by atoms with Crippen molar-refractivity contribution in [3.05, 3.63) is 23.9 Å². The third-order valence-electron chi connectivity index (χ3n) is 3.95. The van der Waals surface area contributed by atoms with E-state index in [-0.39, 0.29) is 17.9 Å². The number of carbonyl (C=O) groups is 1. The van der Waals surface area contributed by atoms with E-state index in [4.69, 9.17) is 0 Å². The zero-order valence-corrected chi connectivity index (χ0v) is 15.3. The number of carbonyl (C=O) groups excluding carboxylic acids is 1. The predicted molar refractivity (Wildman–Crippen MR) is 92.1 cm³/mol. The molecular formula is C15H23N3O3S2. The van der Waals surface area contributed by atoms with E-state index in [9.17, 15) is 13.2 Å². The van der Waals surface area contributed by atoms with Crippen molar-refractivity contribution in [2.75, 3.05) is 25.6 Å². The van der Waals surface area contributed by atoms with Gasteiger partial charge in [-0.15, -0.1) is 11.8 Å². The van der Waals surface area contributed by atoms with Crippen molar-refractivity contribution >= 4 is 27.7 Å². The van der Waals surface area contributed by atoms with Gasteiger partial charge in [0.25, 0.3) is 5.91 Å². The molecule has 0 unspecified atom stereocenters. The van der Waals surface area contributed by atoms with E-state index >= 15 is 0 Å². The first-order valence-corrected chi connectivity index (χ1v) is 10.7. The summed E-state index contributed by atoms with van der Waals surface area (Å²) in [5, 5.41) is 0.698. The maximum atomic E-state index is 12.8. The molecule has 2 heterocycles. The van der Waals surface area contributed by atoms with E-state index in [1.54, 1.807) is 23.2 Å². The maximum absolute atomic E-state index is 12.8. The molecule has 1 aromatic rings. The molecule has 8 heteroatoms. The number of nitrogens with one attached hydrogen (secondary N) is 1. The lowest BCUT2D eigenvalue weighted by atomic mass is 9.99. The molecule has 0 aliphatic carbocycles. The fraction of sp³-hybridized carbons (Fsp3) is 0.600. The minimum absolute atomic E-state index is 0.0821. The van der Waals surface area contributed by atoms with Crippen molar-refractivity contribution in [3.8, 4) is 0 Å². The second-order valence-electron chi connectivity index (χ2n) is 5.82.